The third kappa shape index (κ3) is 11.6. The summed E-state index contributed by atoms with van der Waals surface area (Å²) in [6.45, 7) is 8.96. The number of unbranched alkanes of at least 4 members (excludes halogenated alkanes) is 4. The summed E-state index contributed by atoms with van der Waals surface area (Å²) < 4.78 is 10.6. The standard InChI is InChI=1S/C21H36O4/c1-5-9-14-18(7-3)20(22)24-16-12-11-13-17-25-21(23)19(8-4)15-10-6-2/h14-15H,5-13,16-17H2,1-4H3. The van der Waals surface area contributed by atoms with Gasteiger partial charge in [-0.15, -0.1) is 0 Å². The Kier molecular flexibility index (Phi) is 14.9. The number of ether oxygens (including phenoxy) is 2. The molecular weight excluding hydrogens is 316 g/mol. The molecule has 25 heavy (non-hydrogen) atoms. The number of allylic oxidation sites excluding steroid dienone is 2. The lowest BCUT2D eigenvalue weighted by atomic mass is 10.1. The third-order valence-corrected chi connectivity index (χ3v) is 3.90. The van der Waals surface area contributed by atoms with E-state index in [9.17, 15) is 9.59 Å². The van der Waals surface area contributed by atoms with Crippen molar-refractivity contribution in [2.45, 2.75) is 85.5 Å². The van der Waals surface area contributed by atoms with Gasteiger partial charge in [-0.1, -0.05) is 52.7 Å². The summed E-state index contributed by atoms with van der Waals surface area (Å²) in [6.07, 6.45) is 11.7. The van der Waals surface area contributed by atoms with Crippen LogP contribution in [0.1, 0.15) is 85.5 Å². The zero-order chi connectivity index (χ0) is 18.9. The molecule has 0 unspecified atom stereocenters. The first kappa shape index (κ1) is 23.4. The van der Waals surface area contributed by atoms with Gasteiger partial charge in [0.1, 0.15) is 0 Å². The van der Waals surface area contributed by atoms with Crippen LogP contribution in [0.5, 0.6) is 0 Å². The van der Waals surface area contributed by atoms with Crippen molar-refractivity contribution in [1.82, 2.24) is 0 Å². The largest absolute Gasteiger partial charge is 0.462 e. The molecule has 0 fully saturated rings. The molecule has 0 aliphatic rings. The van der Waals surface area contributed by atoms with Crippen LogP contribution >= 0.6 is 0 Å². The number of esters is 2. The molecule has 0 aromatic heterocycles. The monoisotopic (exact) mass is 352 g/mol. The smallest absolute Gasteiger partial charge is 0.333 e. The maximum absolute atomic E-state index is 11.9. The van der Waals surface area contributed by atoms with Crippen LogP contribution < -0.4 is 0 Å². The predicted molar refractivity (Wildman–Crippen MR) is 102 cm³/mol. The SMILES string of the molecule is CCCC=C(CC)C(=O)OCCCCCOC(=O)C(=CCCC)CC. The van der Waals surface area contributed by atoms with Crippen LogP contribution in [0, 0.1) is 0 Å². The lowest BCUT2D eigenvalue weighted by molar-refractivity contribution is -0.139. The van der Waals surface area contributed by atoms with Crippen LogP contribution in [0.2, 0.25) is 0 Å². The van der Waals surface area contributed by atoms with Crippen molar-refractivity contribution in [2.75, 3.05) is 13.2 Å². The Labute approximate surface area is 153 Å². The molecule has 0 spiro atoms. The normalized spacial score (nSPS) is 12.2. The summed E-state index contributed by atoms with van der Waals surface area (Å²) in [4.78, 5) is 23.8. The van der Waals surface area contributed by atoms with E-state index in [1.54, 1.807) is 0 Å². The molecule has 4 heteroatoms. The molecule has 0 aromatic carbocycles. The molecular formula is C21H36O4. The maximum Gasteiger partial charge on any atom is 0.333 e. The number of carbonyl (C=O) groups excluding carboxylic acids is 2. The Morgan fingerprint density at radius 3 is 1.40 bits per heavy atom. The number of rotatable bonds is 14. The minimum absolute atomic E-state index is 0.198. The highest BCUT2D eigenvalue weighted by molar-refractivity contribution is 5.88. The molecule has 0 radical (unpaired) electrons. The summed E-state index contributed by atoms with van der Waals surface area (Å²) >= 11 is 0. The van der Waals surface area contributed by atoms with E-state index in [1.165, 1.54) is 0 Å². The van der Waals surface area contributed by atoms with E-state index in [1.807, 2.05) is 26.0 Å². The fraction of sp³-hybridized carbons (Fsp3) is 0.714. The molecule has 4 nitrogen and oxygen atoms in total. The molecule has 0 N–H and O–H groups in total. The fourth-order valence-electron chi connectivity index (χ4n) is 2.28. The molecule has 0 aliphatic carbocycles. The first-order chi connectivity index (χ1) is 12.1. The van der Waals surface area contributed by atoms with E-state index in [4.69, 9.17) is 9.47 Å². The van der Waals surface area contributed by atoms with Gasteiger partial charge in [-0.05, 0) is 44.9 Å². The zero-order valence-corrected chi connectivity index (χ0v) is 16.6. The molecule has 0 heterocycles. The second-order valence-corrected chi connectivity index (χ2v) is 6.08. The van der Waals surface area contributed by atoms with Crippen molar-refractivity contribution in [2.24, 2.45) is 0 Å². The topological polar surface area (TPSA) is 52.6 Å². The highest BCUT2D eigenvalue weighted by Gasteiger charge is 2.09. The Morgan fingerprint density at radius 2 is 1.08 bits per heavy atom. The number of hydrogen-bond donors (Lipinski definition) is 0. The van der Waals surface area contributed by atoms with Crippen molar-refractivity contribution in [3.8, 4) is 0 Å². The second-order valence-electron chi connectivity index (χ2n) is 6.08. The Bertz CT molecular complexity index is 395. The summed E-state index contributed by atoms with van der Waals surface area (Å²) in [5.74, 6) is -0.396. The molecule has 0 amide bonds. The van der Waals surface area contributed by atoms with Crippen molar-refractivity contribution < 1.29 is 19.1 Å². The van der Waals surface area contributed by atoms with Gasteiger partial charge in [0.05, 0.1) is 13.2 Å². The van der Waals surface area contributed by atoms with Gasteiger partial charge in [-0.25, -0.2) is 9.59 Å². The van der Waals surface area contributed by atoms with E-state index in [2.05, 4.69) is 13.8 Å². The van der Waals surface area contributed by atoms with Gasteiger partial charge in [0, 0.05) is 11.1 Å². The van der Waals surface area contributed by atoms with Crippen LogP contribution in [0.25, 0.3) is 0 Å². The summed E-state index contributed by atoms with van der Waals surface area (Å²) in [7, 11) is 0. The quantitative estimate of drug-likeness (QED) is 0.235. The van der Waals surface area contributed by atoms with Crippen LogP contribution in [0.3, 0.4) is 0 Å². The van der Waals surface area contributed by atoms with Crippen molar-refractivity contribution in [3.05, 3.63) is 23.3 Å². The van der Waals surface area contributed by atoms with Crippen molar-refractivity contribution in [3.63, 3.8) is 0 Å². The molecule has 0 rings (SSSR count). The van der Waals surface area contributed by atoms with Gasteiger partial charge in [0.15, 0.2) is 0 Å². The third-order valence-electron chi connectivity index (χ3n) is 3.90. The summed E-state index contributed by atoms with van der Waals surface area (Å²) in [6, 6.07) is 0. The van der Waals surface area contributed by atoms with Crippen LogP contribution in [0.4, 0.5) is 0 Å². The first-order valence-corrected chi connectivity index (χ1v) is 9.82. The fourth-order valence-corrected chi connectivity index (χ4v) is 2.28. The van der Waals surface area contributed by atoms with Crippen LogP contribution in [-0.2, 0) is 19.1 Å². The molecule has 0 aliphatic heterocycles. The highest BCUT2D eigenvalue weighted by Crippen LogP contribution is 2.09. The first-order valence-electron chi connectivity index (χ1n) is 9.82. The van der Waals surface area contributed by atoms with Gasteiger partial charge in [-0.2, -0.15) is 0 Å². The molecule has 0 saturated carbocycles. The minimum Gasteiger partial charge on any atom is -0.462 e. The lowest BCUT2D eigenvalue weighted by Crippen LogP contribution is -2.10. The van der Waals surface area contributed by atoms with E-state index in [0.29, 0.717) is 26.1 Å². The van der Waals surface area contributed by atoms with Crippen molar-refractivity contribution >= 4 is 11.9 Å². The molecule has 0 saturated heterocycles. The van der Waals surface area contributed by atoms with Gasteiger partial charge in [-0.3, -0.25) is 0 Å². The highest BCUT2D eigenvalue weighted by atomic mass is 16.5. The predicted octanol–water partition coefficient (Wildman–Crippen LogP) is 5.52. The Morgan fingerprint density at radius 1 is 0.680 bits per heavy atom. The van der Waals surface area contributed by atoms with Gasteiger partial charge in [0.2, 0.25) is 0 Å². The zero-order valence-electron chi connectivity index (χ0n) is 16.6. The second kappa shape index (κ2) is 15.9. The van der Waals surface area contributed by atoms with Gasteiger partial charge >= 0.3 is 11.9 Å². The molecule has 0 atom stereocenters. The Balaban J connectivity index is 3.86. The van der Waals surface area contributed by atoms with Crippen molar-refractivity contribution in [1.29, 1.82) is 0 Å². The van der Waals surface area contributed by atoms with E-state index >= 15 is 0 Å². The van der Waals surface area contributed by atoms with E-state index in [0.717, 1.165) is 56.1 Å². The molecule has 144 valence electrons. The Hall–Kier alpha value is -1.58. The number of carbonyl (C=O) groups is 2. The minimum atomic E-state index is -0.198. The average molecular weight is 353 g/mol. The molecule has 0 aromatic rings. The van der Waals surface area contributed by atoms with E-state index in [-0.39, 0.29) is 11.9 Å². The van der Waals surface area contributed by atoms with Gasteiger partial charge in [0.25, 0.3) is 0 Å². The number of hydrogen-bond acceptors (Lipinski definition) is 4. The maximum atomic E-state index is 11.9. The average Bonchev–Trinajstić information content (AvgIpc) is 2.62. The lowest BCUT2D eigenvalue weighted by Gasteiger charge is -2.08. The summed E-state index contributed by atoms with van der Waals surface area (Å²) in [5.41, 5.74) is 1.53. The van der Waals surface area contributed by atoms with E-state index < -0.39 is 0 Å². The molecule has 0 bridgehead atoms. The van der Waals surface area contributed by atoms with Crippen LogP contribution in [-0.4, -0.2) is 25.2 Å². The van der Waals surface area contributed by atoms with Crippen LogP contribution in [0.15, 0.2) is 23.3 Å². The van der Waals surface area contributed by atoms with Gasteiger partial charge < -0.3 is 9.47 Å². The summed E-state index contributed by atoms with van der Waals surface area (Å²) in [5, 5.41) is 0.